The van der Waals surface area contributed by atoms with E-state index in [1.165, 1.54) is 11.1 Å². The zero-order valence-electron chi connectivity index (χ0n) is 25.1. The molecule has 2 amide bonds. The Kier molecular flexibility index (Phi) is 8.24. The van der Waals surface area contributed by atoms with Crippen molar-refractivity contribution in [3.8, 4) is 0 Å². The number of hydrogen-bond acceptors (Lipinski definition) is 3. The zero-order valence-corrected chi connectivity index (χ0v) is 25.1. The van der Waals surface area contributed by atoms with Gasteiger partial charge in [0.25, 0.3) is 0 Å². The first-order chi connectivity index (χ1) is 21.6. The standard InChI is InChI=1S/C39H42N2O3/c42-37-35(21-27-13-5-1-6-14-27)40(25-31-23-33(31)29-17-9-3-10-18-29)39(44)41(26-32-24-34(32)30-19-11-4-12-20-30)36(38(37)43)22-28-15-7-2-8-16-28/h1-20,31-38,42-43H,21-26H2/t31-,32+,33-,34+,35-,36-,37+,38+/m1/s1. The smallest absolute Gasteiger partial charge is 0.320 e. The molecule has 0 bridgehead atoms. The van der Waals surface area contributed by atoms with Gasteiger partial charge in [0.1, 0.15) is 12.2 Å². The predicted molar refractivity (Wildman–Crippen MR) is 173 cm³/mol. The first-order valence-corrected chi connectivity index (χ1v) is 16.2. The van der Waals surface area contributed by atoms with E-state index in [-0.39, 0.29) is 6.03 Å². The van der Waals surface area contributed by atoms with Crippen LogP contribution < -0.4 is 0 Å². The van der Waals surface area contributed by atoms with E-state index in [0.29, 0.717) is 49.6 Å². The van der Waals surface area contributed by atoms with Crippen molar-refractivity contribution in [3.05, 3.63) is 144 Å². The molecule has 1 aliphatic heterocycles. The highest BCUT2D eigenvalue weighted by molar-refractivity contribution is 5.76. The maximum absolute atomic E-state index is 14.9. The highest BCUT2D eigenvalue weighted by Crippen LogP contribution is 2.50. The highest BCUT2D eigenvalue weighted by Gasteiger charge is 2.51. The van der Waals surface area contributed by atoms with Crippen LogP contribution in [0.4, 0.5) is 4.79 Å². The van der Waals surface area contributed by atoms with Crippen molar-refractivity contribution in [2.45, 2.75) is 61.8 Å². The number of nitrogens with zero attached hydrogens (tertiary/aromatic N) is 2. The Labute approximate surface area is 260 Å². The molecule has 44 heavy (non-hydrogen) atoms. The molecule has 2 N–H and O–H groups in total. The first-order valence-electron chi connectivity index (χ1n) is 16.2. The Morgan fingerprint density at radius 3 is 1.23 bits per heavy atom. The van der Waals surface area contributed by atoms with Crippen molar-refractivity contribution in [3.63, 3.8) is 0 Å². The molecule has 4 aromatic carbocycles. The van der Waals surface area contributed by atoms with Gasteiger partial charge in [-0.1, -0.05) is 121 Å². The Balaban J connectivity index is 1.22. The minimum Gasteiger partial charge on any atom is -0.388 e. The van der Waals surface area contributed by atoms with Gasteiger partial charge in [-0.2, -0.15) is 0 Å². The van der Waals surface area contributed by atoms with Gasteiger partial charge in [-0.05, 0) is 71.6 Å². The molecular formula is C39H42N2O3. The number of benzene rings is 4. The molecule has 1 heterocycles. The molecule has 8 atom stereocenters. The molecule has 2 saturated carbocycles. The third-order valence-electron chi connectivity index (χ3n) is 10.2. The average Bonchev–Trinajstić information content (AvgIpc) is 4.01. The van der Waals surface area contributed by atoms with Crippen LogP contribution in [0.3, 0.4) is 0 Å². The molecule has 3 fully saturated rings. The minimum absolute atomic E-state index is 0.0557. The quantitative estimate of drug-likeness (QED) is 0.230. The third kappa shape index (κ3) is 6.17. The normalized spacial score (nSPS) is 29.7. The Morgan fingerprint density at radius 2 is 0.864 bits per heavy atom. The molecule has 5 heteroatoms. The zero-order chi connectivity index (χ0) is 30.0. The van der Waals surface area contributed by atoms with Crippen LogP contribution in [-0.4, -0.2) is 63.4 Å². The second-order valence-electron chi connectivity index (χ2n) is 13.1. The van der Waals surface area contributed by atoms with Crippen LogP contribution in [0.25, 0.3) is 0 Å². The van der Waals surface area contributed by atoms with Crippen LogP contribution in [0.2, 0.25) is 0 Å². The third-order valence-corrected chi connectivity index (χ3v) is 10.2. The summed E-state index contributed by atoms with van der Waals surface area (Å²) < 4.78 is 0. The summed E-state index contributed by atoms with van der Waals surface area (Å²) in [5.74, 6) is 1.47. The van der Waals surface area contributed by atoms with Crippen molar-refractivity contribution in [1.82, 2.24) is 9.80 Å². The fourth-order valence-electron chi connectivity index (χ4n) is 7.49. The van der Waals surface area contributed by atoms with Gasteiger partial charge < -0.3 is 20.0 Å². The van der Waals surface area contributed by atoms with Crippen molar-refractivity contribution in [2.24, 2.45) is 11.8 Å². The molecule has 0 unspecified atom stereocenters. The number of hydrogen-bond donors (Lipinski definition) is 2. The molecule has 0 aromatic heterocycles. The molecule has 7 rings (SSSR count). The second-order valence-corrected chi connectivity index (χ2v) is 13.1. The van der Waals surface area contributed by atoms with Gasteiger partial charge in [0.15, 0.2) is 0 Å². The number of aliphatic hydroxyl groups excluding tert-OH is 2. The van der Waals surface area contributed by atoms with Crippen molar-refractivity contribution < 1.29 is 15.0 Å². The fourth-order valence-corrected chi connectivity index (χ4v) is 7.49. The van der Waals surface area contributed by atoms with Crippen LogP contribution in [0, 0.1) is 11.8 Å². The van der Waals surface area contributed by atoms with Gasteiger partial charge in [-0.25, -0.2) is 4.79 Å². The van der Waals surface area contributed by atoms with E-state index in [4.69, 9.17) is 0 Å². The molecule has 3 aliphatic rings. The summed E-state index contributed by atoms with van der Waals surface area (Å²) in [5, 5.41) is 23.9. The lowest BCUT2D eigenvalue weighted by atomic mass is 9.91. The maximum atomic E-state index is 14.9. The van der Waals surface area contributed by atoms with Gasteiger partial charge in [-0.3, -0.25) is 0 Å². The SMILES string of the molecule is O=C1N(C[C@H]2C[C@@H]2c2ccccc2)[C@H](Cc2ccccc2)[C@H](O)[C@@H](O)[C@@H](Cc2ccccc2)N1C[C@@H]1C[C@H]1c1ccccc1. The Hall–Kier alpha value is -3.93. The Morgan fingerprint density at radius 1 is 0.523 bits per heavy atom. The minimum atomic E-state index is -1.07. The summed E-state index contributed by atoms with van der Waals surface area (Å²) in [4.78, 5) is 18.7. The van der Waals surface area contributed by atoms with E-state index < -0.39 is 24.3 Å². The van der Waals surface area contributed by atoms with Crippen LogP contribution in [0.1, 0.15) is 46.9 Å². The van der Waals surface area contributed by atoms with Gasteiger partial charge in [0.2, 0.25) is 0 Å². The monoisotopic (exact) mass is 586 g/mol. The number of aliphatic hydroxyl groups is 2. The molecule has 0 radical (unpaired) electrons. The number of rotatable bonds is 10. The summed E-state index contributed by atoms with van der Waals surface area (Å²) in [6.45, 7) is 1.14. The summed E-state index contributed by atoms with van der Waals surface area (Å²) in [5.41, 5.74) is 4.72. The largest absolute Gasteiger partial charge is 0.388 e. The van der Waals surface area contributed by atoms with E-state index in [1.54, 1.807) is 0 Å². The van der Waals surface area contributed by atoms with E-state index >= 15 is 0 Å². The van der Waals surface area contributed by atoms with E-state index in [9.17, 15) is 15.0 Å². The Bertz CT molecular complexity index is 1400. The van der Waals surface area contributed by atoms with Crippen LogP contribution >= 0.6 is 0 Å². The van der Waals surface area contributed by atoms with Crippen molar-refractivity contribution in [1.29, 1.82) is 0 Å². The van der Waals surface area contributed by atoms with Crippen molar-refractivity contribution in [2.75, 3.05) is 13.1 Å². The highest BCUT2D eigenvalue weighted by atomic mass is 16.3. The molecule has 226 valence electrons. The molecule has 4 aromatic rings. The molecule has 2 aliphatic carbocycles. The predicted octanol–water partition coefficient (Wildman–Crippen LogP) is 6.28. The number of carbonyl (C=O) groups excluding carboxylic acids is 1. The second kappa shape index (κ2) is 12.6. The van der Waals surface area contributed by atoms with Crippen LogP contribution in [0.15, 0.2) is 121 Å². The summed E-state index contributed by atoms with van der Waals surface area (Å²) >= 11 is 0. The van der Waals surface area contributed by atoms with Gasteiger partial charge in [0, 0.05) is 13.1 Å². The first kappa shape index (κ1) is 28.8. The number of carbonyl (C=O) groups is 1. The number of amides is 2. The fraction of sp³-hybridized carbons (Fsp3) is 0.359. The van der Waals surface area contributed by atoms with Gasteiger partial charge >= 0.3 is 6.03 Å². The van der Waals surface area contributed by atoms with Crippen LogP contribution in [-0.2, 0) is 12.8 Å². The maximum Gasteiger partial charge on any atom is 0.320 e. The van der Waals surface area contributed by atoms with E-state index in [2.05, 4.69) is 48.5 Å². The number of urea groups is 1. The average molecular weight is 587 g/mol. The van der Waals surface area contributed by atoms with Crippen molar-refractivity contribution >= 4 is 6.03 Å². The lowest BCUT2D eigenvalue weighted by molar-refractivity contribution is -0.0401. The lowest BCUT2D eigenvalue weighted by Crippen LogP contribution is -2.52. The molecule has 5 nitrogen and oxygen atoms in total. The van der Waals surface area contributed by atoms with Crippen LogP contribution in [0.5, 0.6) is 0 Å². The summed E-state index contributed by atoms with van der Waals surface area (Å²) in [6, 6.07) is 40.1. The molecule has 0 spiro atoms. The van der Waals surface area contributed by atoms with E-state index in [1.807, 2.05) is 82.6 Å². The summed E-state index contributed by atoms with van der Waals surface area (Å²) in [7, 11) is 0. The topological polar surface area (TPSA) is 64.0 Å². The van der Waals surface area contributed by atoms with Gasteiger partial charge in [-0.15, -0.1) is 0 Å². The lowest BCUT2D eigenvalue weighted by Gasteiger charge is -2.36. The summed E-state index contributed by atoms with van der Waals surface area (Å²) in [6.07, 6.45) is 0.894. The van der Waals surface area contributed by atoms with E-state index in [0.717, 1.165) is 24.0 Å². The molecule has 1 saturated heterocycles. The molecular weight excluding hydrogens is 544 g/mol. The van der Waals surface area contributed by atoms with Gasteiger partial charge in [0.05, 0.1) is 12.1 Å².